The molecule has 0 radical (unpaired) electrons. The fourth-order valence-electron chi connectivity index (χ4n) is 1.14. The number of alkyl halides is 3. The lowest BCUT2D eigenvalue weighted by Gasteiger charge is -2.11. The standard InChI is InChI=1S/C8H8F3N3/c9-8(10,11)5-2-4-14-7(5)6(13)1-3-12/h2,4,6,14H,1,13H2. The Morgan fingerprint density at radius 3 is 2.71 bits per heavy atom. The van der Waals surface area contributed by atoms with Crippen LogP contribution in [0.15, 0.2) is 12.3 Å². The number of halogens is 3. The molecule has 1 aromatic rings. The average Bonchev–Trinajstić information content (AvgIpc) is 2.50. The highest BCUT2D eigenvalue weighted by atomic mass is 19.4. The molecule has 76 valence electrons. The number of aromatic amines is 1. The zero-order valence-corrected chi connectivity index (χ0v) is 7.10. The van der Waals surface area contributed by atoms with Crippen molar-refractivity contribution in [1.82, 2.24) is 4.98 Å². The minimum atomic E-state index is -4.43. The second-order valence-electron chi connectivity index (χ2n) is 2.77. The molecule has 0 saturated carbocycles. The normalized spacial score (nSPS) is 13.6. The van der Waals surface area contributed by atoms with Crippen molar-refractivity contribution in [1.29, 1.82) is 5.26 Å². The van der Waals surface area contributed by atoms with E-state index in [4.69, 9.17) is 11.0 Å². The van der Waals surface area contributed by atoms with Gasteiger partial charge in [-0.3, -0.25) is 0 Å². The lowest BCUT2D eigenvalue weighted by atomic mass is 10.1. The first-order valence-corrected chi connectivity index (χ1v) is 3.84. The summed E-state index contributed by atoms with van der Waals surface area (Å²) in [6.45, 7) is 0. The molecule has 3 N–H and O–H groups in total. The van der Waals surface area contributed by atoms with Gasteiger partial charge in [-0.15, -0.1) is 0 Å². The van der Waals surface area contributed by atoms with Crippen LogP contribution < -0.4 is 5.73 Å². The van der Waals surface area contributed by atoms with Crippen LogP contribution in [-0.2, 0) is 6.18 Å². The van der Waals surface area contributed by atoms with Gasteiger partial charge < -0.3 is 10.7 Å². The van der Waals surface area contributed by atoms with E-state index in [-0.39, 0.29) is 12.1 Å². The number of H-pyrrole nitrogens is 1. The summed E-state index contributed by atoms with van der Waals surface area (Å²) >= 11 is 0. The number of hydrogen-bond acceptors (Lipinski definition) is 2. The van der Waals surface area contributed by atoms with E-state index < -0.39 is 17.8 Å². The van der Waals surface area contributed by atoms with Crippen molar-refractivity contribution >= 4 is 0 Å². The SMILES string of the molecule is N#CCC(N)c1[nH]ccc1C(F)(F)F. The van der Waals surface area contributed by atoms with E-state index in [1.165, 1.54) is 0 Å². The molecule has 0 aliphatic rings. The minimum absolute atomic E-state index is 0.140. The maximum Gasteiger partial charge on any atom is 0.418 e. The molecule has 1 heterocycles. The largest absolute Gasteiger partial charge is 0.418 e. The van der Waals surface area contributed by atoms with Crippen molar-refractivity contribution in [2.75, 3.05) is 0 Å². The van der Waals surface area contributed by atoms with Gasteiger partial charge in [-0.2, -0.15) is 18.4 Å². The van der Waals surface area contributed by atoms with Gasteiger partial charge in [0.25, 0.3) is 0 Å². The van der Waals surface area contributed by atoms with Gasteiger partial charge in [-0.1, -0.05) is 0 Å². The summed E-state index contributed by atoms with van der Waals surface area (Å²) in [5.41, 5.74) is 4.45. The third kappa shape index (κ3) is 2.06. The molecule has 0 aromatic carbocycles. The first kappa shape index (κ1) is 10.6. The zero-order valence-electron chi connectivity index (χ0n) is 7.10. The molecule has 0 aliphatic heterocycles. The number of nitrogens with one attached hydrogen (secondary N) is 1. The third-order valence-electron chi connectivity index (χ3n) is 1.77. The lowest BCUT2D eigenvalue weighted by molar-refractivity contribution is -0.138. The van der Waals surface area contributed by atoms with Crippen LogP contribution in [0.3, 0.4) is 0 Å². The van der Waals surface area contributed by atoms with Crippen LogP contribution in [0, 0.1) is 11.3 Å². The summed E-state index contributed by atoms with van der Waals surface area (Å²) in [6.07, 6.45) is -3.42. The van der Waals surface area contributed by atoms with Crippen molar-refractivity contribution in [3.8, 4) is 6.07 Å². The Morgan fingerprint density at radius 2 is 2.21 bits per heavy atom. The fraction of sp³-hybridized carbons (Fsp3) is 0.375. The lowest BCUT2D eigenvalue weighted by Crippen LogP contribution is -2.16. The Bertz CT molecular complexity index is 347. The molecular weight excluding hydrogens is 195 g/mol. The van der Waals surface area contributed by atoms with E-state index in [9.17, 15) is 13.2 Å². The van der Waals surface area contributed by atoms with Gasteiger partial charge in [0.05, 0.1) is 24.1 Å². The quantitative estimate of drug-likeness (QED) is 0.771. The number of rotatable bonds is 2. The molecule has 0 bridgehead atoms. The van der Waals surface area contributed by atoms with Crippen molar-refractivity contribution in [2.24, 2.45) is 5.73 Å². The van der Waals surface area contributed by atoms with Gasteiger partial charge in [0.15, 0.2) is 0 Å². The molecule has 0 aliphatic carbocycles. The summed E-state index contributed by atoms with van der Waals surface area (Å²) in [5.74, 6) is 0. The monoisotopic (exact) mass is 203 g/mol. The Morgan fingerprint density at radius 1 is 1.57 bits per heavy atom. The highest BCUT2D eigenvalue weighted by molar-refractivity contribution is 5.27. The summed E-state index contributed by atoms with van der Waals surface area (Å²) < 4.78 is 37.0. The first-order valence-electron chi connectivity index (χ1n) is 3.84. The summed E-state index contributed by atoms with van der Waals surface area (Å²) in [5, 5.41) is 8.30. The van der Waals surface area contributed by atoms with Gasteiger partial charge in [0.2, 0.25) is 0 Å². The molecular formula is C8H8F3N3. The highest BCUT2D eigenvalue weighted by Crippen LogP contribution is 2.33. The molecule has 0 spiro atoms. The number of aromatic nitrogens is 1. The van der Waals surface area contributed by atoms with Gasteiger partial charge in [0, 0.05) is 11.9 Å². The predicted octanol–water partition coefficient (Wildman–Crippen LogP) is 1.95. The number of hydrogen-bond donors (Lipinski definition) is 2. The second-order valence-corrected chi connectivity index (χ2v) is 2.77. The molecule has 1 aromatic heterocycles. The van der Waals surface area contributed by atoms with E-state index in [1.54, 1.807) is 6.07 Å². The van der Waals surface area contributed by atoms with E-state index in [0.29, 0.717) is 0 Å². The molecule has 1 unspecified atom stereocenters. The maximum absolute atomic E-state index is 12.3. The maximum atomic E-state index is 12.3. The molecule has 1 rings (SSSR count). The number of nitrogens with two attached hydrogens (primary N) is 1. The van der Waals surface area contributed by atoms with E-state index in [1.807, 2.05) is 0 Å². The van der Waals surface area contributed by atoms with Crippen molar-refractivity contribution in [3.05, 3.63) is 23.5 Å². The smallest absolute Gasteiger partial charge is 0.363 e. The summed E-state index contributed by atoms with van der Waals surface area (Å²) in [6, 6.07) is 1.71. The molecule has 1 atom stereocenters. The van der Waals surface area contributed by atoms with Gasteiger partial charge in [-0.05, 0) is 6.07 Å². The molecule has 3 nitrogen and oxygen atoms in total. The fourth-order valence-corrected chi connectivity index (χ4v) is 1.14. The van der Waals surface area contributed by atoms with Gasteiger partial charge in [0.1, 0.15) is 0 Å². The van der Waals surface area contributed by atoms with Crippen LogP contribution >= 0.6 is 0 Å². The van der Waals surface area contributed by atoms with Crippen LogP contribution in [0.4, 0.5) is 13.2 Å². The van der Waals surface area contributed by atoms with Crippen molar-refractivity contribution < 1.29 is 13.2 Å². The topological polar surface area (TPSA) is 65.6 Å². The molecule has 0 amide bonds. The first-order chi connectivity index (χ1) is 6.46. The van der Waals surface area contributed by atoms with Crippen LogP contribution in [0.25, 0.3) is 0 Å². The molecule has 14 heavy (non-hydrogen) atoms. The Balaban J connectivity index is 3.00. The van der Waals surface area contributed by atoms with Gasteiger partial charge in [-0.25, -0.2) is 0 Å². The van der Waals surface area contributed by atoms with E-state index in [2.05, 4.69) is 4.98 Å². The number of nitriles is 1. The Hall–Kier alpha value is -1.48. The van der Waals surface area contributed by atoms with Gasteiger partial charge >= 0.3 is 6.18 Å². The number of nitrogens with zero attached hydrogens (tertiary/aromatic N) is 1. The van der Waals surface area contributed by atoms with Crippen LogP contribution in [0.1, 0.15) is 23.7 Å². The third-order valence-corrected chi connectivity index (χ3v) is 1.77. The Labute approximate surface area is 78.3 Å². The molecule has 0 fully saturated rings. The van der Waals surface area contributed by atoms with Crippen LogP contribution in [0.5, 0.6) is 0 Å². The minimum Gasteiger partial charge on any atom is -0.363 e. The van der Waals surface area contributed by atoms with Crippen LogP contribution in [-0.4, -0.2) is 4.98 Å². The molecule has 6 heteroatoms. The Kier molecular flexibility index (Phi) is 2.81. The van der Waals surface area contributed by atoms with Crippen molar-refractivity contribution in [3.63, 3.8) is 0 Å². The second kappa shape index (κ2) is 3.72. The highest BCUT2D eigenvalue weighted by Gasteiger charge is 2.35. The average molecular weight is 203 g/mol. The molecule has 0 saturated heterocycles. The summed E-state index contributed by atoms with van der Waals surface area (Å²) in [4.78, 5) is 2.40. The van der Waals surface area contributed by atoms with E-state index >= 15 is 0 Å². The predicted molar refractivity (Wildman–Crippen MR) is 43.0 cm³/mol. The summed E-state index contributed by atoms with van der Waals surface area (Å²) in [7, 11) is 0. The zero-order chi connectivity index (χ0) is 10.8. The van der Waals surface area contributed by atoms with Crippen LogP contribution in [0.2, 0.25) is 0 Å². The van der Waals surface area contributed by atoms with Crippen molar-refractivity contribution in [2.45, 2.75) is 18.6 Å². The van der Waals surface area contributed by atoms with E-state index in [0.717, 1.165) is 12.3 Å².